The zero-order chi connectivity index (χ0) is 32.3. The van der Waals surface area contributed by atoms with Crippen molar-refractivity contribution in [2.24, 2.45) is 11.8 Å². The molecule has 0 bridgehead atoms. The molecule has 0 radical (unpaired) electrons. The van der Waals surface area contributed by atoms with E-state index in [4.69, 9.17) is 37.3 Å². The molecule has 270 valence electrons. The summed E-state index contributed by atoms with van der Waals surface area (Å²) in [5.41, 5.74) is 2.59. The average molecular weight is 793 g/mol. The molecule has 4 aliphatic rings. The van der Waals surface area contributed by atoms with Crippen LogP contribution in [-0.2, 0) is 47.2 Å². The third-order valence-electron chi connectivity index (χ3n) is 6.62. The van der Waals surface area contributed by atoms with E-state index in [1.807, 2.05) is 0 Å². The number of aromatic nitrogens is 2. The topological polar surface area (TPSA) is 192 Å². The normalized spacial score (nSPS) is 15.1. The van der Waals surface area contributed by atoms with Gasteiger partial charge in [-0.2, -0.15) is 0 Å². The summed E-state index contributed by atoms with van der Waals surface area (Å²) in [6.07, 6.45) is 42.3. The Kier molecular flexibility index (Phi) is 29.2. The molecule has 6 rings (SSSR count). The first-order chi connectivity index (χ1) is 20.9. The van der Waals surface area contributed by atoms with Gasteiger partial charge in [0, 0.05) is 64.3 Å². The molecule has 0 unspecified atom stereocenters. The van der Waals surface area contributed by atoms with E-state index in [9.17, 15) is 0 Å². The van der Waals surface area contributed by atoms with Crippen LogP contribution >= 0.6 is 0 Å². The largest absolute Gasteiger partial charge is 0.222 e. The maximum Gasteiger partial charge on any atom is 0.169 e. The summed E-state index contributed by atoms with van der Waals surface area (Å²) in [5, 5.41) is 0. The van der Waals surface area contributed by atoms with Crippen molar-refractivity contribution in [2.75, 3.05) is 0 Å². The molecule has 2 aromatic rings. The van der Waals surface area contributed by atoms with E-state index >= 15 is 0 Å². The summed E-state index contributed by atoms with van der Waals surface area (Å²) in [5.74, 6) is 1.42. The van der Waals surface area contributed by atoms with E-state index in [2.05, 4.69) is 131 Å². The molecule has 4 aliphatic carbocycles. The van der Waals surface area contributed by atoms with E-state index in [1.165, 1.54) is 43.4 Å². The summed E-state index contributed by atoms with van der Waals surface area (Å²) in [4.78, 5) is 0. The van der Waals surface area contributed by atoms with Crippen molar-refractivity contribution < 1.29 is 101 Å². The second kappa shape index (κ2) is 27.8. The maximum absolute atomic E-state index is 8.49. The zero-order valence-corrected chi connectivity index (χ0v) is 28.7. The Hall–Kier alpha value is -1.96. The molecule has 0 spiro atoms. The molecule has 1 saturated carbocycles. The van der Waals surface area contributed by atoms with Crippen LogP contribution in [-0.4, -0.2) is 0 Å². The Balaban J connectivity index is -0.000000695. The second-order valence-corrected chi connectivity index (χ2v) is 11.6. The summed E-state index contributed by atoms with van der Waals surface area (Å²) >= 11 is 0. The van der Waals surface area contributed by atoms with Gasteiger partial charge in [-0.05, 0) is 36.8 Å². The number of hydrogen-bond acceptors (Lipinski definition) is 8. The molecule has 0 N–H and O–H groups in total. The fraction of sp³-hybridized carbons (Fsp3) is 0.353. The molecule has 14 heteroatoms. The molecule has 48 heavy (non-hydrogen) atoms. The first kappa shape index (κ1) is 50.4. The number of nitrogens with zero attached hydrogens (tertiary/aromatic N) is 2. The summed E-state index contributed by atoms with van der Waals surface area (Å²) in [6, 6.07) is 8.94. The number of hydrogen-bond donors (Lipinski definition) is 0. The van der Waals surface area contributed by atoms with Gasteiger partial charge < -0.3 is 0 Å². The van der Waals surface area contributed by atoms with Crippen molar-refractivity contribution >= 4 is 0 Å². The minimum Gasteiger partial charge on any atom is -0.222 e. The molecular formula is C34H46Cl2Fe2N2O8. The van der Waals surface area contributed by atoms with Gasteiger partial charge in [-0.25, -0.2) is 46.4 Å². The minimum absolute atomic E-state index is 0. The van der Waals surface area contributed by atoms with Crippen LogP contribution in [0.3, 0.4) is 0 Å². The molecule has 0 aromatic carbocycles. The predicted molar refractivity (Wildman–Crippen MR) is 155 cm³/mol. The van der Waals surface area contributed by atoms with Crippen molar-refractivity contribution in [1.29, 1.82) is 0 Å². The standard InChI is InChI=1S/C22H26N2.2C5H6.2CH4.2ClHO4.2Fe/c1-2-6-19(5-1)17-23-13-9-21(10-14-23)22-11-15-24(16-12-22)18-20-7-3-4-8-20;2*1-2-4-5-3-1;;;2*2-1(3,4)5;;/h1-2,5-6,9-16,19-20H,3-4,7-8,17-18H2;2*1-4H,5H2;2*1H4;2*(H,2,3,4,5);;/q+2;;;;;;;;/p-2. The smallest absolute Gasteiger partial charge is 0.169 e. The molecule has 0 aliphatic heterocycles. The Morgan fingerprint density at radius 3 is 1.12 bits per heavy atom. The monoisotopic (exact) mass is 792 g/mol. The van der Waals surface area contributed by atoms with Crippen LogP contribution in [0.15, 0.2) is 122 Å². The van der Waals surface area contributed by atoms with Crippen LogP contribution in [0.2, 0.25) is 0 Å². The van der Waals surface area contributed by atoms with Gasteiger partial charge in [0.15, 0.2) is 37.9 Å². The third-order valence-corrected chi connectivity index (χ3v) is 6.62. The van der Waals surface area contributed by atoms with E-state index in [0.29, 0.717) is 5.92 Å². The van der Waals surface area contributed by atoms with Gasteiger partial charge in [0.25, 0.3) is 0 Å². The molecule has 2 aromatic heterocycles. The zero-order valence-electron chi connectivity index (χ0n) is 25.0. The summed E-state index contributed by atoms with van der Waals surface area (Å²) < 4.78 is 72.6. The van der Waals surface area contributed by atoms with Gasteiger partial charge in [0.2, 0.25) is 0 Å². The van der Waals surface area contributed by atoms with E-state index < -0.39 is 20.5 Å². The van der Waals surface area contributed by atoms with Gasteiger partial charge in [0.05, 0.1) is 5.92 Å². The van der Waals surface area contributed by atoms with Crippen LogP contribution in [0, 0.1) is 32.3 Å². The van der Waals surface area contributed by atoms with Crippen LogP contribution in [0.4, 0.5) is 0 Å². The molecule has 10 nitrogen and oxygen atoms in total. The summed E-state index contributed by atoms with van der Waals surface area (Å²) in [6.45, 7) is 2.20. The Morgan fingerprint density at radius 2 is 0.833 bits per heavy atom. The molecule has 1 fully saturated rings. The van der Waals surface area contributed by atoms with Crippen molar-refractivity contribution in [1.82, 2.24) is 0 Å². The van der Waals surface area contributed by atoms with Gasteiger partial charge >= 0.3 is 0 Å². The van der Waals surface area contributed by atoms with Crippen LogP contribution < -0.4 is 46.4 Å². The maximum atomic E-state index is 8.49. The number of rotatable bonds is 5. The number of pyridine rings is 2. The minimum atomic E-state index is -4.94. The van der Waals surface area contributed by atoms with Crippen LogP contribution in [0.5, 0.6) is 0 Å². The van der Waals surface area contributed by atoms with Gasteiger partial charge in [-0.3, -0.25) is 0 Å². The van der Waals surface area contributed by atoms with Crippen molar-refractivity contribution in [3.05, 3.63) is 122 Å². The fourth-order valence-corrected chi connectivity index (χ4v) is 4.66. The second-order valence-electron chi connectivity index (χ2n) is 10.1. The van der Waals surface area contributed by atoms with Crippen molar-refractivity contribution in [3.8, 4) is 11.1 Å². The SMILES string of the molecule is C.C.C1=CC(C[n+]2ccc(-c3cc[n+](CC4CCCC4)cc3)cc2)C=C1.C1=CCC=C1.C1=CCC=C1.[Fe].[Fe].[O-][Cl+3]([O-])([O-])[O-].[O-][Cl+3]([O-])([O-])[O-]. The molecule has 0 amide bonds. The molecular weight excluding hydrogens is 747 g/mol. The first-order valence-corrected chi connectivity index (χ1v) is 16.5. The van der Waals surface area contributed by atoms with E-state index in [1.54, 1.807) is 0 Å². The van der Waals surface area contributed by atoms with Crippen molar-refractivity contribution in [2.45, 2.75) is 66.5 Å². The summed E-state index contributed by atoms with van der Waals surface area (Å²) in [7, 11) is -9.89. The molecule has 2 heterocycles. The van der Waals surface area contributed by atoms with Gasteiger partial charge in [-0.1, -0.05) is 101 Å². The number of allylic oxidation sites excluding steroid dienone is 12. The molecule has 0 atom stereocenters. The quantitative estimate of drug-likeness (QED) is 0.261. The average Bonchev–Trinajstić information content (AvgIpc) is 3.78. The Bertz CT molecular complexity index is 1190. The third kappa shape index (κ3) is 27.9. The van der Waals surface area contributed by atoms with Crippen molar-refractivity contribution in [3.63, 3.8) is 0 Å². The van der Waals surface area contributed by atoms with Gasteiger partial charge in [-0.15, -0.1) is 20.5 Å². The number of halogens is 2. The Labute approximate surface area is 310 Å². The van der Waals surface area contributed by atoms with E-state index in [0.717, 1.165) is 25.3 Å². The first-order valence-electron chi connectivity index (χ1n) is 14.1. The fourth-order valence-electron chi connectivity index (χ4n) is 4.66. The van der Waals surface area contributed by atoms with Crippen LogP contribution in [0.1, 0.15) is 53.4 Å². The Morgan fingerprint density at radius 1 is 0.521 bits per heavy atom. The van der Waals surface area contributed by atoms with E-state index in [-0.39, 0.29) is 49.0 Å². The van der Waals surface area contributed by atoms with Gasteiger partial charge in [0.1, 0.15) is 0 Å². The van der Waals surface area contributed by atoms with Crippen LogP contribution in [0.25, 0.3) is 11.1 Å². The molecule has 0 saturated heterocycles. The predicted octanol–water partition coefficient (Wildman–Crippen LogP) is -1.38.